The van der Waals surface area contributed by atoms with Crippen LogP contribution in [0.25, 0.3) is 11.4 Å². The molecule has 5 heterocycles. The van der Waals surface area contributed by atoms with Crippen molar-refractivity contribution in [3.63, 3.8) is 0 Å². The molecule has 0 saturated heterocycles. The standard InChI is InChI=1S/C31H27N11O11S/c1-37-28(47)24(43)19(14-33-37)22-26(45)41(16-5-7-18(8-6-16)54(4,51)52)30(49)39(35-22)11-12-40-31(50)42(17-9-10-32-21(13-17)53-3)27(46)23(36-40)20-15-34-38(2)29(48)25(20)44/h5-10,13-15,19-20H,11-12H2,1-4H3. The second-order valence-corrected chi connectivity index (χ2v) is 13.8. The molecule has 0 bridgehead atoms. The molecule has 4 aromatic rings. The quantitative estimate of drug-likeness (QED) is 0.152. The predicted molar refractivity (Wildman–Crippen MR) is 184 cm³/mol. The number of amides is 2. The lowest BCUT2D eigenvalue weighted by atomic mass is 10.00. The first-order valence-corrected chi connectivity index (χ1v) is 17.4. The minimum Gasteiger partial charge on any atom is -0.481 e. The number of sulfone groups is 1. The summed E-state index contributed by atoms with van der Waals surface area (Å²) in [6.45, 7) is -1.16. The van der Waals surface area contributed by atoms with Gasteiger partial charge in [-0.05, 0) is 30.3 Å². The van der Waals surface area contributed by atoms with E-state index in [9.17, 15) is 46.8 Å². The fourth-order valence-corrected chi connectivity index (χ4v) is 6.06. The molecule has 0 N–H and O–H groups in total. The largest absolute Gasteiger partial charge is 0.481 e. The van der Waals surface area contributed by atoms with E-state index < -0.39 is 92.0 Å². The molecular weight excluding hydrogens is 734 g/mol. The monoisotopic (exact) mass is 761 g/mol. The normalized spacial score (nSPS) is 17.4. The van der Waals surface area contributed by atoms with Crippen molar-refractivity contribution in [3.8, 4) is 17.3 Å². The van der Waals surface area contributed by atoms with Gasteiger partial charge in [-0.25, -0.2) is 51.5 Å². The number of pyridine rings is 1. The topological polar surface area (TPSA) is 270 Å². The summed E-state index contributed by atoms with van der Waals surface area (Å²) in [6, 6.07) is 7.17. The third-order valence-corrected chi connectivity index (χ3v) is 9.43. The molecule has 2 aliphatic rings. The number of carbonyl (C=O) groups excluding carboxylic acids is 4. The zero-order valence-electron chi connectivity index (χ0n) is 28.6. The van der Waals surface area contributed by atoms with Crippen molar-refractivity contribution in [3.05, 3.63) is 95.7 Å². The van der Waals surface area contributed by atoms with E-state index in [1.165, 1.54) is 51.7 Å². The summed E-state index contributed by atoms with van der Waals surface area (Å²) in [5.41, 5.74) is -5.81. The maximum Gasteiger partial charge on any atom is 0.352 e. The number of hydrogen-bond donors (Lipinski definition) is 0. The summed E-state index contributed by atoms with van der Waals surface area (Å²) in [5, 5.41) is 17.3. The van der Waals surface area contributed by atoms with Crippen LogP contribution in [0.3, 0.4) is 0 Å². The van der Waals surface area contributed by atoms with E-state index in [4.69, 9.17) is 4.74 Å². The number of hydrogen-bond acceptors (Lipinski definition) is 16. The molecule has 2 aliphatic heterocycles. The number of ketones is 2. The van der Waals surface area contributed by atoms with Gasteiger partial charge in [0.15, 0.2) is 9.84 Å². The number of Topliss-reactive ketones (excluding diaryl/α,β-unsaturated/α-hetero) is 2. The number of ether oxygens (including phenoxy) is 1. The Morgan fingerprint density at radius 3 is 1.59 bits per heavy atom. The van der Waals surface area contributed by atoms with Gasteiger partial charge in [0, 0.05) is 45.0 Å². The third-order valence-electron chi connectivity index (χ3n) is 8.30. The molecule has 2 unspecified atom stereocenters. The molecule has 22 nitrogen and oxygen atoms in total. The molecule has 0 fully saturated rings. The van der Waals surface area contributed by atoms with Gasteiger partial charge < -0.3 is 4.74 Å². The second-order valence-electron chi connectivity index (χ2n) is 11.8. The van der Waals surface area contributed by atoms with Crippen molar-refractivity contribution in [1.29, 1.82) is 0 Å². The van der Waals surface area contributed by atoms with Crippen LogP contribution in [0, 0.1) is 0 Å². The average molecular weight is 762 g/mol. The lowest BCUT2D eigenvalue weighted by Crippen LogP contribution is -2.48. The van der Waals surface area contributed by atoms with Crippen LogP contribution in [0.4, 0.5) is 0 Å². The zero-order chi connectivity index (χ0) is 39.2. The summed E-state index contributed by atoms with van der Waals surface area (Å²) in [6.07, 6.45) is 4.18. The average Bonchev–Trinajstić information content (AvgIpc) is 3.14. The van der Waals surface area contributed by atoms with Gasteiger partial charge in [-0.3, -0.25) is 28.8 Å². The second kappa shape index (κ2) is 13.8. The van der Waals surface area contributed by atoms with E-state index in [-0.39, 0.29) is 22.2 Å². The van der Waals surface area contributed by atoms with Crippen molar-refractivity contribution in [2.75, 3.05) is 27.5 Å². The maximum atomic E-state index is 13.9. The number of aromatic nitrogens is 7. The van der Waals surface area contributed by atoms with Gasteiger partial charge in [-0.1, -0.05) is 0 Å². The summed E-state index contributed by atoms with van der Waals surface area (Å²) >= 11 is 0. The minimum atomic E-state index is -3.68. The van der Waals surface area contributed by atoms with Crippen molar-refractivity contribution in [2.24, 2.45) is 10.2 Å². The first kappa shape index (κ1) is 36.7. The van der Waals surface area contributed by atoms with Gasteiger partial charge in [-0.2, -0.15) is 20.4 Å². The first-order valence-electron chi connectivity index (χ1n) is 15.5. The van der Waals surface area contributed by atoms with E-state index in [0.717, 1.165) is 40.8 Å². The molecule has 6 rings (SSSR count). The van der Waals surface area contributed by atoms with Crippen LogP contribution in [0.15, 0.2) is 76.9 Å². The van der Waals surface area contributed by atoms with Crippen LogP contribution in [0.1, 0.15) is 23.2 Å². The van der Waals surface area contributed by atoms with Crippen LogP contribution in [0.5, 0.6) is 5.88 Å². The SMILES string of the molecule is COc1cc(-n2c(=O)c(C3C=NN(C)C(=O)C3=O)nn(CCn3nc(C4C=NN(C)C(=O)C4=O)c(=O)n(-c4ccc(S(C)(=O)=O)cc4)c3=O)c2=O)ccn1. The van der Waals surface area contributed by atoms with Crippen LogP contribution in [-0.4, -0.2) is 115 Å². The maximum absolute atomic E-state index is 13.9. The fraction of sp³-hybridized carbons (Fsp3) is 0.258. The lowest BCUT2D eigenvalue weighted by Gasteiger charge is -2.21. The van der Waals surface area contributed by atoms with Crippen LogP contribution < -0.4 is 27.2 Å². The molecule has 3 aromatic heterocycles. The van der Waals surface area contributed by atoms with Crippen molar-refractivity contribution >= 4 is 45.6 Å². The van der Waals surface area contributed by atoms with Crippen LogP contribution in [0.2, 0.25) is 0 Å². The summed E-state index contributed by atoms with van der Waals surface area (Å²) < 4.78 is 31.9. The van der Waals surface area contributed by atoms with Crippen LogP contribution >= 0.6 is 0 Å². The number of carbonyl (C=O) groups is 4. The highest BCUT2D eigenvalue weighted by Gasteiger charge is 2.37. The van der Waals surface area contributed by atoms with E-state index in [2.05, 4.69) is 25.4 Å². The minimum absolute atomic E-state index is 0.0106. The number of nitrogens with zero attached hydrogens (tertiary/aromatic N) is 11. The molecular formula is C31H27N11O11S. The smallest absolute Gasteiger partial charge is 0.352 e. The highest BCUT2D eigenvalue weighted by Crippen LogP contribution is 2.18. The Morgan fingerprint density at radius 1 is 0.685 bits per heavy atom. The Kier molecular flexibility index (Phi) is 9.41. The molecule has 0 aliphatic carbocycles. The first-order chi connectivity index (χ1) is 25.5. The van der Waals surface area contributed by atoms with Crippen molar-refractivity contribution in [1.82, 2.24) is 43.7 Å². The van der Waals surface area contributed by atoms with E-state index in [0.29, 0.717) is 18.5 Å². The Morgan fingerprint density at radius 2 is 1.15 bits per heavy atom. The van der Waals surface area contributed by atoms with Gasteiger partial charge in [0.1, 0.15) is 23.2 Å². The fourth-order valence-electron chi connectivity index (χ4n) is 5.43. The number of aryl methyl sites for hydroxylation is 2. The van der Waals surface area contributed by atoms with E-state index in [1.54, 1.807) is 0 Å². The molecule has 2 atom stereocenters. The molecule has 54 heavy (non-hydrogen) atoms. The summed E-state index contributed by atoms with van der Waals surface area (Å²) in [5.74, 6) is -7.54. The van der Waals surface area contributed by atoms with Gasteiger partial charge in [0.05, 0.1) is 36.5 Å². The molecule has 23 heteroatoms. The Labute approximate surface area is 301 Å². The molecule has 2 amide bonds. The number of methoxy groups -OCH3 is 1. The third kappa shape index (κ3) is 6.46. The molecule has 278 valence electrons. The Bertz CT molecular complexity index is 2690. The number of hydrazone groups is 2. The van der Waals surface area contributed by atoms with Gasteiger partial charge >= 0.3 is 23.2 Å². The zero-order valence-corrected chi connectivity index (χ0v) is 29.4. The number of benzene rings is 1. The van der Waals surface area contributed by atoms with Crippen molar-refractivity contribution in [2.45, 2.75) is 29.8 Å². The summed E-state index contributed by atoms with van der Waals surface area (Å²) in [7, 11) is 0.0517. The van der Waals surface area contributed by atoms with E-state index in [1.807, 2.05) is 0 Å². The Balaban J connectivity index is 1.53. The predicted octanol–water partition coefficient (Wildman–Crippen LogP) is -3.17. The summed E-state index contributed by atoms with van der Waals surface area (Å²) in [4.78, 5) is 110. The van der Waals surface area contributed by atoms with Gasteiger partial charge in [0.2, 0.25) is 17.4 Å². The van der Waals surface area contributed by atoms with Crippen LogP contribution in [-0.2, 0) is 42.1 Å². The number of likely N-dealkylation sites (N-methyl/N-ethyl adjacent to an activating group) is 2. The highest BCUT2D eigenvalue weighted by atomic mass is 32.2. The van der Waals surface area contributed by atoms with Gasteiger partial charge in [0.25, 0.3) is 11.1 Å². The molecule has 1 aromatic carbocycles. The highest BCUT2D eigenvalue weighted by molar-refractivity contribution is 7.90. The molecule has 0 radical (unpaired) electrons. The van der Waals surface area contributed by atoms with Crippen molar-refractivity contribution < 1.29 is 32.3 Å². The lowest BCUT2D eigenvalue weighted by molar-refractivity contribution is -0.144. The molecule has 0 saturated carbocycles. The number of rotatable bonds is 9. The Hall–Kier alpha value is -7.04. The van der Waals surface area contributed by atoms with Gasteiger partial charge in [-0.15, -0.1) is 0 Å². The molecule has 0 spiro atoms. The van der Waals surface area contributed by atoms with E-state index >= 15 is 0 Å².